The average Bonchev–Trinajstić information content (AvgIpc) is 2.86. The maximum absolute atomic E-state index is 13.2. The zero-order valence-corrected chi connectivity index (χ0v) is 14.5. The molecule has 1 aromatic rings. The second-order valence-corrected chi connectivity index (χ2v) is 7.06. The third kappa shape index (κ3) is 3.42. The summed E-state index contributed by atoms with van der Waals surface area (Å²) in [6, 6.07) is 3.89. The molecule has 2 aliphatic rings. The first kappa shape index (κ1) is 16.9. The fourth-order valence-corrected chi connectivity index (χ4v) is 4.11. The van der Waals surface area contributed by atoms with Gasteiger partial charge in [-0.3, -0.25) is 4.79 Å². The van der Waals surface area contributed by atoms with Gasteiger partial charge in [0, 0.05) is 38.6 Å². The average molecular weight is 332 g/mol. The molecule has 0 bridgehead atoms. The molecule has 3 heterocycles. The van der Waals surface area contributed by atoms with E-state index in [0.717, 1.165) is 38.6 Å². The van der Waals surface area contributed by atoms with Gasteiger partial charge in [0.2, 0.25) is 5.91 Å². The molecule has 0 saturated carbocycles. The maximum atomic E-state index is 13.2. The summed E-state index contributed by atoms with van der Waals surface area (Å²) < 4.78 is 2.12. The number of carbonyl (C=O) groups excluding carboxylic acids is 2. The third-order valence-electron chi connectivity index (χ3n) is 5.44. The van der Waals surface area contributed by atoms with E-state index in [9.17, 15) is 9.59 Å². The molecule has 2 N–H and O–H groups in total. The summed E-state index contributed by atoms with van der Waals surface area (Å²) in [7, 11) is 2.04. The molecule has 6 nitrogen and oxygen atoms in total. The lowest BCUT2D eigenvalue weighted by atomic mass is 9.95. The van der Waals surface area contributed by atoms with Crippen molar-refractivity contribution in [2.45, 2.75) is 44.6 Å². The van der Waals surface area contributed by atoms with Crippen LogP contribution in [0.15, 0.2) is 18.3 Å². The molecular formula is C18H28N4O2. The molecule has 2 aliphatic heterocycles. The number of primary amides is 1. The number of piperidine rings is 1. The Morgan fingerprint density at radius 1 is 1.12 bits per heavy atom. The lowest BCUT2D eigenvalue weighted by Gasteiger charge is -2.37. The van der Waals surface area contributed by atoms with Gasteiger partial charge in [-0.1, -0.05) is 12.8 Å². The number of likely N-dealkylation sites (tertiary alicyclic amines) is 2. The van der Waals surface area contributed by atoms with E-state index in [-0.39, 0.29) is 17.9 Å². The summed E-state index contributed by atoms with van der Waals surface area (Å²) in [6.07, 6.45) is 8.12. The van der Waals surface area contributed by atoms with Gasteiger partial charge in [-0.05, 0) is 37.8 Å². The molecule has 0 aromatic carbocycles. The Bertz CT molecular complexity index is 598. The van der Waals surface area contributed by atoms with Crippen LogP contribution in [-0.2, 0) is 11.8 Å². The van der Waals surface area contributed by atoms with Crippen LogP contribution >= 0.6 is 0 Å². The first-order valence-corrected chi connectivity index (χ1v) is 9.04. The summed E-state index contributed by atoms with van der Waals surface area (Å²) >= 11 is 0. The highest BCUT2D eigenvalue weighted by atomic mass is 16.2. The molecule has 132 valence electrons. The third-order valence-corrected chi connectivity index (χ3v) is 5.44. The van der Waals surface area contributed by atoms with Gasteiger partial charge in [0.15, 0.2) is 0 Å². The second kappa shape index (κ2) is 7.28. The van der Waals surface area contributed by atoms with Crippen LogP contribution in [0.3, 0.4) is 0 Å². The second-order valence-electron chi connectivity index (χ2n) is 7.06. The van der Waals surface area contributed by atoms with Crippen LogP contribution in [0.4, 0.5) is 4.79 Å². The lowest BCUT2D eigenvalue weighted by Crippen LogP contribution is -2.49. The Labute approximate surface area is 143 Å². The number of hydrogen-bond donors (Lipinski definition) is 1. The number of nitrogens with zero attached hydrogens (tertiary/aromatic N) is 3. The molecule has 2 atom stereocenters. The minimum absolute atomic E-state index is 0.118. The van der Waals surface area contributed by atoms with Crippen molar-refractivity contribution < 1.29 is 9.59 Å². The number of carbonyl (C=O) groups is 2. The van der Waals surface area contributed by atoms with Crippen molar-refractivity contribution in [3.05, 3.63) is 24.0 Å². The summed E-state index contributed by atoms with van der Waals surface area (Å²) in [6.45, 7) is 1.94. The maximum Gasteiger partial charge on any atom is 0.314 e. The van der Waals surface area contributed by atoms with Gasteiger partial charge in [-0.15, -0.1) is 0 Å². The lowest BCUT2D eigenvalue weighted by molar-refractivity contribution is -0.139. The zero-order chi connectivity index (χ0) is 17.1. The van der Waals surface area contributed by atoms with Crippen molar-refractivity contribution in [2.75, 3.05) is 19.6 Å². The Morgan fingerprint density at radius 3 is 2.67 bits per heavy atom. The number of aromatic nitrogens is 1. The number of nitrogens with two attached hydrogens (primary N) is 1. The van der Waals surface area contributed by atoms with Crippen LogP contribution < -0.4 is 5.73 Å². The van der Waals surface area contributed by atoms with Gasteiger partial charge in [0.25, 0.3) is 0 Å². The first-order valence-electron chi connectivity index (χ1n) is 9.04. The first-order chi connectivity index (χ1) is 11.6. The van der Waals surface area contributed by atoms with E-state index in [1.54, 1.807) is 4.90 Å². The Hall–Kier alpha value is -1.98. The SMILES string of the molecule is Cn1cccc1[C@H]1CCCCCN1C(=O)[C@H]1CCCN(C(N)=O)C1. The minimum Gasteiger partial charge on any atom is -0.353 e. The molecule has 0 radical (unpaired) electrons. The molecule has 0 spiro atoms. The van der Waals surface area contributed by atoms with Gasteiger partial charge in [-0.25, -0.2) is 4.79 Å². The molecule has 24 heavy (non-hydrogen) atoms. The monoisotopic (exact) mass is 332 g/mol. The molecule has 3 rings (SSSR count). The summed E-state index contributed by atoms with van der Waals surface area (Å²) in [5.41, 5.74) is 6.62. The minimum atomic E-state index is -0.414. The van der Waals surface area contributed by atoms with Crippen molar-refractivity contribution in [1.29, 1.82) is 0 Å². The van der Waals surface area contributed by atoms with E-state index in [2.05, 4.69) is 15.5 Å². The Morgan fingerprint density at radius 2 is 1.96 bits per heavy atom. The van der Waals surface area contributed by atoms with Crippen molar-refractivity contribution >= 4 is 11.9 Å². The van der Waals surface area contributed by atoms with Crippen molar-refractivity contribution in [2.24, 2.45) is 18.7 Å². The highest BCUT2D eigenvalue weighted by Gasteiger charge is 2.35. The van der Waals surface area contributed by atoms with Gasteiger partial charge in [-0.2, -0.15) is 0 Å². The molecule has 2 fully saturated rings. The van der Waals surface area contributed by atoms with E-state index in [4.69, 9.17) is 5.73 Å². The fraction of sp³-hybridized carbons (Fsp3) is 0.667. The molecular weight excluding hydrogens is 304 g/mol. The number of hydrogen-bond acceptors (Lipinski definition) is 2. The van der Waals surface area contributed by atoms with E-state index < -0.39 is 6.03 Å². The largest absolute Gasteiger partial charge is 0.353 e. The smallest absolute Gasteiger partial charge is 0.314 e. The standard InChI is InChI=1S/C18H28N4O2/c1-20-10-6-9-15(20)16-8-3-2-4-12-22(16)17(23)14-7-5-11-21(13-14)18(19)24/h6,9-10,14,16H,2-5,7-8,11-13H2,1H3,(H2,19,24)/t14-,16+/m0/s1. The highest BCUT2D eigenvalue weighted by Crippen LogP contribution is 2.32. The summed E-state index contributed by atoms with van der Waals surface area (Å²) in [5.74, 6) is 0.0705. The van der Waals surface area contributed by atoms with E-state index in [1.165, 1.54) is 12.1 Å². The molecule has 1 aromatic heterocycles. The van der Waals surface area contributed by atoms with E-state index >= 15 is 0 Å². The van der Waals surface area contributed by atoms with Crippen molar-refractivity contribution in [3.8, 4) is 0 Å². The predicted octanol–water partition coefficient (Wildman–Crippen LogP) is 2.26. The van der Waals surface area contributed by atoms with Crippen LogP contribution in [-0.4, -0.2) is 45.9 Å². The van der Waals surface area contributed by atoms with E-state index in [0.29, 0.717) is 13.1 Å². The van der Waals surface area contributed by atoms with Crippen LogP contribution in [0.1, 0.15) is 50.3 Å². The van der Waals surface area contributed by atoms with Crippen molar-refractivity contribution in [1.82, 2.24) is 14.4 Å². The number of aryl methyl sites for hydroxylation is 1. The Balaban J connectivity index is 1.79. The normalized spacial score (nSPS) is 25.4. The van der Waals surface area contributed by atoms with Crippen LogP contribution in [0.25, 0.3) is 0 Å². The van der Waals surface area contributed by atoms with Crippen LogP contribution in [0, 0.1) is 5.92 Å². The van der Waals surface area contributed by atoms with Crippen molar-refractivity contribution in [3.63, 3.8) is 0 Å². The molecule has 0 aliphatic carbocycles. The highest BCUT2D eigenvalue weighted by molar-refractivity contribution is 5.81. The predicted molar refractivity (Wildman–Crippen MR) is 92.2 cm³/mol. The summed E-state index contributed by atoms with van der Waals surface area (Å²) in [4.78, 5) is 28.4. The Kier molecular flexibility index (Phi) is 5.11. The topological polar surface area (TPSA) is 71.6 Å². The molecule has 6 heteroatoms. The number of amides is 3. The van der Waals surface area contributed by atoms with E-state index in [1.807, 2.05) is 19.3 Å². The number of rotatable bonds is 2. The molecule has 3 amide bonds. The molecule has 2 saturated heterocycles. The quantitative estimate of drug-likeness (QED) is 0.902. The van der Waals surface area contributed by atoms with Gasteiger partial charge >= 0.3 is 6.03 Å². The molecule has 0 unspecified atom stereocenters. The van der Waals surface area contributed by atoms with Crippen LogP contribution in [0.2, 0.25) is 0 Å². The van der Waals surface area contributed by atoms with Crippen LogP contribution in [0.5, 0.6) is 0 Å². The van der Waals surface area contributed by atoms with Gasteiger partial charge in [0.05, 0.1) is 12.0 Å². The van der Waals surface area contributed by atoms with Gasteiger partial charge < -0.3 is 20.1 Å². The fourth-order valence-electron chi connectivity index (χ4n) is 4.11. The zero-order valence-electron chi connectivity index (χ0n) is 14.5. The number of urea groups is 1. The summed E-state index contributed by atoms with van der Waals surface area (Å²) in [5, 5.41) is 0. The van der Waals surface area contributed by atoms with Gasteiger partial charge in [0.1, 0.15) is 0 Å².